The van der Waals surface area contributed by atoms with Crippen LogP contribution in [0.25, 0.3) is 0 Å². The van der Waals surface area contributed by atoms with E-state index in [0.717, 1.165) is 18.8 Å². The molecule has 3 unspecified atom stereocenters. The van der Waals surface area contributed by atoms with Gasteiger partial charge in [0.25, 0.3) is 0 Å². The van der Waals surface area contributed by atoms with Gasteiger partial charge in [-0.25, -0.2) is 8.42 Å². The molecule has 3 nitrogen and oxygen atoms in total. The first-order valence-electron chi connectivity index (χ1n) is 7.65. The van der Waals surface area contributed by atoms with Crippen LogP contribution in [-0.2, 0) is 13.8 Å². The van der Waals surface area contributed by atoms with E-state index in [4.69, 9.17) is 15.4 Å². The average Bonchev–Trinajstić information content (AvgIpc) is 2.32. The number of halogens is 1. The van der Waals surface area contributed by atoms with Crippen molar-refractivity contribution in [3.63, 3.8) is 0 Å². The molecule has 1 aliphatic rings. The minimum absolute atomic E-state index is 0.0119. The first-order chi connectivity index (χ1) is 9.12. The third-order valence-electron chi connectivity index (χ3n) is 4.47. The molecule has 120 valence electrons. The van der Waals surface area contributed by atoms with Crippen molar-refractivity contribution in [3.8, 4) is 0 Å². The lowest BCUT2D eigenvalue weighted by atomic mass is 9.82. The fourth-order valence-electron chi connectivity index (χ4n) is 2.80. The van der Waals surface area contributed by atoms with Gasteiger partial charge < -0.3 is 4.74 Å². The van der Waals surface area contributed by atoms with E-state index in [1.165, 1.54) is 19.3 Å². The third-order valence-corrected chi connectivity index (χ3v) is 5.65. The molecule has 5 heteroatoms. The molecule has 3 atom stereocenters. The summed E-state index contributed by atoms with van der Waals surface area (Å²) in [5.41, 5.74) is -0.124. The van der Waals surface area contributed by atoms with Crippen LogP contribution in [0, 0.1) is 17.3 Å². The fraction of sp³-hybridized carbons (Fsp3) is 1.00. The number of hydrogen-bond donors (Lipinski definition) is 0. The molecule has 0 N–H and O–H groups in total. The first-order valence-corrected chi connectivity index (χ1v) is 10.1. The molecule has 0 aromatic carbocycles. The summed E-state index contributed by atoms with van der Waals surface area (Å²) < 4.78 is 28.7. The Morgan fingerprint density at radius 3 is 2.45 bits per heavy atom. The molecule has 0 saturated heterocycles. The lowest BCUT2D eigenvalue weighted by molar-refractivity contribution is -0.0201. The third kappa shape index (κ3) is 6.77. The summed E-state index contributed by atoms with van der Waals surface area (Å²) in [7, 11) is 1.94. The Hall–Kier alpha value is 0.200. The Labute approximate surface area is 128 Å². The van der Waals surface area contributed by atoms with Crippen LogP contribution in [0.1, 0.15) is 59.8 Å². The van der Waals surface area contributed by atoms with E-state index < -0.39 is 9.05 Å². The zero-order valence-corrected chi connectivity index (χ0v) is 14.8. The van der Waals surface area contributed by atoms with Crippen molar-refractivity contribution >= 4 is 19.7 Å². The lowest BCUT2D eigenvalue weighted by Crippen LogP contribution is -2.33. The molecule has 1 rings (SSSR count). The molecule has 0 aromatic heterocycles. The van der Waals surface area contributed by atoms with Crippen LogP contribution in [-0.4, -0.2) is 26.9 Å². The summed E-state index contributed by atoms with van der Waals surface area (Å²) in [6.45, 7) is 8.83. The van der Waals surface area contributed by atoms with Gasteiger partial charge in [-0.2, -0.15) is 0 Å². The first kappa shape index (κ1) is 18.2. The quantitative estimate of drug-likeness (QED) is 0.688. The van der Waals surface area contributed by atoms with Crippen molar-refractivity contribution in [2.75, 3.05) is 12.4 Å². The van der Waals surface area contributed by atoms with Gasteiger partial charge in [0.1, 0.15) is 0 Å². The van der Waals surface area contributed by atoms with Gasteiger partial charge in [0.15, 0.2) is 0 Å². The van der Waals surface area contributed by atoms with Gasteiger partial charge in [0.2, 0.25) is 9.05 Å². The van der Waals surface area contributed by atoms with Crippen LogP contribution < -0.4 is 0 Å². The smallest absolute Gasteiger partial charge is 0.232 e. The predicted molar refractivity (Wildman–Crippen MR) is 84.6 cm³/mol. The molecule has 0 heterocycles. The Bertz CT molecular complexity index is 386. The van der Waals surface area contributed by atoms with Crippen molar-refractivity contribution < 1.29 is 13.2 Å². The van der Waals surface area contributed by atoms with Crippen LogP contribution >= 0.6 is 10.7 Å². The lowest BCUT2D eigenvalue weighted by Gasteiger charge is -2.33. The number of rotatable bonds is 6. The van der Waals surface area contributed by atoms with Crippen molar-refractivity contribution in [2.24, 2.45) is 17.3 Å². The van der Waals surface area contributed by atoms with Crippen molar-refractivity contribution in [1.29, 1.82) is 0 Å². The summed E-state index contributed by atoms with van der Waals surface area (Å²) in [5.74, 6) is 0.688. The highest BCUT2D eigenvalue weighted by molar-refractivity contribution is 8.13. The topological polar surface area (TPSA) is 43.4 Å². The van der Waals surface area contributed by atoms with Crippen LogP contribution in [0.5, 0.6) is 0 Å². The van der Waals surface area contributed by atoms with E-state index in [2.05, 4.69) is 6.92 Å². The van der Waals surface area contributed by atoms with Gasteiger partial charge in [-0.05, 0) is 24.2 Å². The predicted octanol–water partition coefficient (Wildman–Crippen LogP) is 4.20. The van der Waals surface area contributed by atoms with E-state index in [1.807, 2.05) is 20.8 Å². The van der Waals surface area contributed by atoms with Gasteiger partial charge in [0.05, 0.1) is 18.5 Å². The Morgan fingerprint density at radius 2 is 1.95 bits per heavy atom. The zero-order chi connectivity index (χ0) is 15.4. The molecular formula is C15H29ClO3S. The molecule has 1 fully saturated rings. The second-order valence-corrected chi connectivity index (χ2v) is 9.99. The monoisotopic (exact) mass is 324 g/mol. The van der Waals surface area contributed by atoms with Crippen LogP contribution in [0.3, 0.4) is 0 Å². The molecule has 0 aromatic rings. The van der Waals surface area contributed by atoms with E-state index in [-0.39, 0.29) is 23.2 Å². The normalized spacial score (nSPS) is 26.4. The van der Waals surface area contributed by atoms with Gasteiger partial charge >= 0.3 is 0 Å². The molecule has 0 amide bonds. The summed E-state index contributed by atoms with van der Waals surface area (Å²) >= 11 is 0. The molecule has 0 bridgehead atoms. The maximum Gasteiger partial charge on any atom is 0.232 e. The molecule has 20 heavy (non-hydrogen) atoms. The molecule has 0 spiro atoms. The van der Waals surface area contributed by atoms with Crippen molar-refractivity contribution in [1.82, 2.24) is 0 Å². The van der Waals surface area contributed by atoms with E-state index >= 15 is 0 Å². The van der Waals surface area contributed by atoms with Crippen molar-refractivity contribution in [2.45, 2.75) is 65.9 Å². The van der Waals surface area contributed by atoms with Crippen LogP contribution in [0.4, 0.5) is 0 Å². The Balaban J connectivity index is 2.54. The molecule has 1 saturated carbocycles. The molecule has 1 aliphatic carbocycles. The van der Waals surface area contributed by atoms with Crippen LogP contribution in [0.15, 0.2) is 0 Å². The summed E-state index contributed by atoms with van der Waals surface area (Å²) in [4.78, 5) is 0. The van der Waals surface area contributed by atoms with Gasteiger partial charge in [-0.15, -0.1) is 0 Å². The van der Waals surface area contributed by atoms with Gasteiger partial charge in [-0.3, -0.25) is 0 Å². The van der Waals surface area contributed by atoms with E-state index in [0.29, 0.717) is 6.61 Å². The Morgan fingerprint density at radius 1 is 1.30 bits per heavy atom. The van der Waals surface area contributed by atoms with E-state index in [9.17, 15) is 8.42 Å². The largest absolute Gasteiger partial charge is 0.378 e. The fourth-order valence-corrected chi connectivity index (χ4v) is 4.34. The van der Waals surface area contributed by atoms with Gasteiger partial charge in [-0.1, -0.05) is 47.0 Å². The summed E-state index contributed by atoms with van der Waals surface area (Å²) in [5, 5.41) is 0. The highest BCUT2D eigenvalue weighted by Gasteiger charge is 2.31. The minimum Gasteiger partial charge on any atom is -0.378 e. The molecular weight excluding hydrogens is 296 g/mol. The zero-order valence-electron chi connectivity index (χ0n) is 13.2. The molecule has 0 radical (unpaired) electrons. The second-order valence-electron chi connectivity index (χ2n) is 7.16. The maximum atomic E-state index is 11.3. The number of ether oxygens (including phenoxy) is 1. The minimum atomic E-state index is -3.48. The highest BCUT2D eigenvalue weighted by Crippen LogP contribution is 2.32. The summed E-state index contributed by atoms with van der Waals surface area (Å²) in [6.07, 6.45) is 6.23. The van der Waals surface area contributed by atoms with Crippen LogP contribution in [0.2, 0.25) is 0 Å². The Kier molecular flexibility index (Phi) is 6.81. The van der Waals surface area contributed by atoms with Gasteiger partial charge in [0, 0.05) is 16.6 Å². The SMILES string of the molecule is CCC1CCCC(OCC(CS(=O)(=O)Cl)C(C)(C)C)C1. The second kappa shape index (κ2) is 7.46. The summed E-state index contributed by atoms with van der Waals surface area (Å²) in [6, 6.07) is 0. The molecule has 0 aliphatic heterocycles. The maximum absolute atomic E-state index is 11.3. The highest BCUT2D eigenvalue weighted by atomic mass is 35.7. The van der Waals surface area contributed by atoms with E-state index in [1.54, 1.807) is 0 Å². The standard InChI is InChI=1S/C15H29ClO3S/c1-5-12-7-6-8-14(9-12)19-10-13(15(2,3)4)11-20(16,17)18/h12-14H,5-11H2,1-4H3. The average molecular weight is 325 g/mol. The van der Waals surface area contributed by atoms with Crippen molar-refractivity contribution in [3.05, 3.63) is 0 Å². The number of hydrogen-bond acceptors (Lipinski definition) is 3.